The van der Waals surface area contributed by atoms with E-state index in [4.69, 9.17) is 5.73 Å². The van der Waals surface area contributed by atoms with Crippen molar-refractivity contribution in [2.75, 3.05) is 36.8 Å². The molecule has 1 fully saturated rings. The fourth-order valence-electron chi connectivity index (χ4n) is 5.14. The Labute approximate surface area is 245 Å². The molecule has 2 aliphatic heterocycles. The minimum atomic E-state index is -4.52. The number of halogens is 3. The highest BCUT2D eigenvalue weighted by Crippen LogP contribution is 2.34. The number of carbonyl (C=O) groups is 2. The summed E-state index contributed by atoms with van der Waals surface area (Å²) in [6.07, 6.45) is 3.09. The summed E-state index contributed by atoms with van der Waals surface area (Å²) >= 11 is 0. The fraction of sp³-hybridized carbons (Fsp3) is 0.267. The van der Waals surface area contributed by atoms with E-state index in [0.29, 0.717) is 37.2 Å². The first kappa shape index (κ1) is 29.6. The number of likely N-dealkylation sites (tertiary alicyclic amines) is 1. The average molecular weight is 594 g/mol. The quantitative estimate of drug-likeness (QED) is 0.265. The maximum Gasteiger partial charge on any atom is 0.416 e. The monoisotopic (exact) mass is 593 g/mol. The molecule has 0 radical (unpaired) electrons. The number of dihydropyridines is 1. The highest BCUT2D eigenvalue weighted by Gasteiger charge is 2.37. The van der Waals surface area contributed by atoms with Gasteiger partial charge in [0.1, 0.15) is 5.82 Å². The molecule has 4 heterocycles. The Morgan fingerprint density at radius 2 is 1.86 bits per heavy atom. The summed E-state index contributed by atoms with van der Waals surface area (Å²) in [7, 11) is 0. The number of nitrogens with zero attached hydrogens (tertiary/aromatic N) is 3. The Balaban J connectivity index is 1.27. The number of nitrogens with one attached hydrogen (secondary N) is 3. The van der Waals surface area contributed by atoms with Crippen LogP contribution >= 0.6 is 0 Å². The van der Waals surface area contributed by atoms with E-state index in [2.05, 4.69) is 25.9 Å². The number of nitrogens with two attached hydrogens (primary N) is 1. The molecule has 43 heavy (non-hydrogen) atoms. The van der Waals surface area contributed by atoms with Gasteiger partial charge in [0.15, 0.2) is 0 Å². The van der Waals surface area contributed by atoms with Crippen LogP contribution in [0.3, 0.4) is 0 Å². The molecule has 0 aliphatic carbocycles. The molecule has 0 bridgehead atoms. The van der Waals surface area contributed by atoms with Crippen molar-refractivity contribution in [1.82, 2.24) is 20.2 Å². The third kappa shape index (κ3) is 6.78. The van der Waals surface area contributed by atoms with Gasteiger partial charge in [-0.05, 0) is 54.3 Å². The second-order valence-corrected chi connectivity index (χ2v) is 10.3. The molecule has 1 saturated heterocycles. The molecule has 0 saturated carbocycles. The number of hydrogen-bond acceptors (Lipinski definition) is 8. The van der Waals surface area contributed by atoms with Crippen LogP contribution in [0.5, 0.6) is 0 Å². The number of pyridine rings is 2. The molecule has 5 rings (SSSR count). The average Bonchev–Trinajstić information content (AvgIpc) is 3.00. The maximum atomic E-state index is 13.4. The highest BCUT2D eigenvalue weighted by molar-refractivity contribution is 5.99. The van der Waals surface area contributed by atoms with E-state index in [1.54, 1.807) is 53.7 Å². The van der Waals surface area contributed by atoms with Crippen LogP contribution in [-0.4, -0.2) is 64.1 Å². The van der Waals surface area contributed by atoms with Crippen LogP contribution in [0.25, 0.3) is 0 Å². The van der Waals surface area contributed by atoms with Crippen LogP contribution in [0.1, 0.15) is 39.1 Å². The van der Waals surface area contributed by atoms with Crippen molar-refractivity contribution in [2.24, 2.45) is 5.73 Å². The number of aliphatic hydroxyl groups is 1. The van der Waals surface area contributed by atoms with Crippen LogP contribution < -0.4 is 21.7 Å². The van der Waals surface area contributed by atoms with E-state index in [1.165, 1.54) is 18.5 Å². The van der Waals surface area contributed by atoms with Gasteiger partial charge in [-0.25, -0.2) is 4.98 Å². The largest absolute Gasteiger partial charge is 0.416 e. The van der Waals surface area contributed by atoms with Gasteiger partial charge in [0.25, 0.3) is 11.8 Å². The SMILES string of the molecule is NC(=O)c1cnc(Nc2cccc(C(=O)N3CCC(O)(c4ccncc4)CC3)c2)cc1NCC1=CNCC=C1C(F)(F)F. The molecule has 2 aromatic heterocycles. The molecule has 2 amide bonds. The van der Waals surface area contributed by atoms with E-state index < -0.39 is 23.3 Å². The van der Waals surface area contributed by atoms with Crippen molar-refractivity contribution < 1.29 is 27.9 Å². The molecule has 6 N–H and O–H groups in total. The van der Waals surface area contributed by atoms with Crippen LogP contribution in [-0.2, 0) is 5.60 Å². The predicted molar refractivity (Wildman–Crippen MR) is 154 cm³/mol. The molecule has 2 aliphatic rings. The molecular weight excluding hydrogens is 563 g/mol. The van der Waals surface area contributed by atoms with E-state index >= 15 is 0 Å². The molecule has 10 nitrogen and oxygen atoms in total. The number of primary amides is 1. The molecule has 0 unspecified atom stereocenters. The van der Waals surface area contributed by atoms with Crippen molar-refractivity contribution in [1.29, 1.82) is 0 Å². The van der Waals surface area contributed by atoms with E-state index in [9.17, 15) is 27.9 Å². The topological polar surface area (TPSA) is 146 Å². The Morgan fingerprint density at radius 3 is 2.56 bits per heavy atom. The number of piperidine rings is 1. The van der Waals surface area contributed by atoms with E-state index in [-0.39, 0.29) is 41.6 Å². The summed E-state index contributed by atoms with van der Waals surface area (Å²) in [5, 5.41) is 19.8. The van der Waals surface area contributed by atoms with E-state index in [1.807, 2.05) is 0 Å². The van der Waals surface area contributed by atoms with Crippen LogP contribution in [0.2, 0.25) is 0 Å². The van der Waals surface area contributed by atoms with Gasteiger partial charge in [-0.1, -0.05) is 12.1 Å². The first-order chi connectivity index (χ1) is 20.5. The lowest BCUT2D eigenvalue weighted by Gasteiger charge is -2.38. The maximum absolute atomic E-state index is 13.4. The van der Waals surface area contributed by atoms with Crippen molar-refractivity contribution in [2.45, 2.75) is 24.6 Å². The van der Waals surface area contributed by atoms with Gasteiger partial charge < -0.3 is 31.7 Å². The summed E-state index contributed by atoms with van der Waals surface area (Å²) < 4.78 is 40.3. The zero-order chi connectivity index (χ0) is 30.6. The Kier molecular flexibility index (Phi) is 8.35. The number of rotatable bonds is 8. The first-order valence-corrected chi connectivity index (χ1v) is 13.6. The van der Waals surface area contributed by atoms with Gasteiger partial charge in [-0.15, -0.1) is 0 Å². The van der Waals surface area contributed by atoms with Crippen LogP contribution in [0.4, 0.5) is 30.4 Å². The normalized spacial score (nSPS) is 16.4. The lowest BCUT2D eigenvalue weighted by molar-refractivity contribution is -0.0898. The fourth-order valence-corrected chi connectivity index (χ4v) is 5.14. The standard InChI is InChI=1S/C30H30F3N7O3/c31-30(32,33)24-6-11-36-16-20(24)17-37-25-15-26(38-18-23(25)27(34)41)39-22-3-1-2-19(14-22)28(42)40-12-7-29(43,8-13-40)21-4-9-35-10-5-21/h1-6,9-10,14-16,18,36,43H,7-8,11-13,17H2,(H2,34,41)(H2,37,38,39). The summed E-state index contributed by atoms with van der Waals surface area (Å²) in [4.78, 5) is 35.2. The van der Waals surface area contributed by atoms with Gasteiger partial charge in [-0.2, -0.15) is 13.2 Å². The number of hydrogen-bond donors (Lipinski definition) is 5. The zero-order valence-electron chi connectivity index (χ0n) is 23.0. The lowest BCUT2D eigenvalue weighted by Crippen LogP contribution is -2.45. The molecule has 0 atom stereocenters. The van der Waals surface area contributed by atoms with Crippen molar-refractivity contribution >= 4 is 29.0 Å². The summed E-state index contributed by atoms with van der Waals surface area (Å²) in [5.41, 5.74) is 5.60. The van der Waals surface area contributed by atoms with Crippen molar-refractivity contribution in [3.63, 3.8) is 0 Å². The van der Waals surface area contributed by atoms with Gasteiger partial charge in [0.2, 0.25) is 0 Å². The second kappa shape index (κ2) is 12.1. The van der Waals surface area contributed by atoms with Gasteiger partial charge in [0, 0.05) is 68.3 Å². The molecular formula is C30H30F3N7O3. The zero-order valence-corrected chi connectivity index (χ0v) is 23.0. The minimum Gasteiger partial charge on any atom is -0.387 e. The molecule has 13 heteroatoms. The Hall–Kier alpha value is -4.91. The smallest absolute Gasteiger partial charge is 0.387 e. The molecule has 0 spiro atoms. The van der Waals surface area contributed by atoms with Gasteiger partial charge >= 0.3 is 6.18 Å². The van der Waals surface area contributed by atoms with E-state index in [0.717, 1.165) is 11.6 Å². The van der Waals surface area contributed by atoms with Crippen molar-refractivity contribution in [3.05, 3.63) is 101 Å². The summed E-state index contributed by atoms with van der Waals surface area (Å²) in [5.74, 6) is -0.712. The molecule has 224 valence electrons. The number of alkyl halides is 3. The lowest BCUT2D eigenvalue weighted by atomic mass is 9.85. The Morgan fingerprint density at radius 1 is 1.12 bits per heavy atom. The second-order valence-electron chi connectivity index (χ2n) is 10.3. The minimum absolute atomic E-state index is 0.00760. The number of anilines is 3. The molecule has 1 aromatic carbocycles. The third-order valence-electron chi connectivity index (χ3n) is 7.47. The number of amides is 2. The number of benzene rings is 1. The first-order valence-electron chi connectivity index (χ1n) is 13.6. The van der Waals surface area contributed by atoms with Gasteiger partial charge in [0.05, 0.1) is 22.4 Å². The Bertz CT molecular complexity index is 1570. The molecule has 3 aromatic rings. The number of carbonyl (C=O) groups excluding carboxylic acids is 2. The number of aromatic nitrogens is 2. The van der Waals surface area contributed by atoms with Crippen LogP contribution in [0, 0.1) is 0 Å². The van der Waals surface area contributed by atoms with Crippen molar-refractivity contribution in [3.8, 4) is 0 Å². The van der Waals surface area contributed by atoms with Crippen LogP contribution in [0.15, 0.2) is 84.5 Å². The summed E-state index contributed by atoms with van der Waals surface area (Å²) in [6, 6.07) is 11.8. The summed E-state index contributed by atoms with van der Waals surface area (Å²) in [6.45, 7) is 0.578. The highest BCUT2D eigenvalue weighted by atomic mass is 19.4. The third-order valence-corrected chi connectivity index (χ3v) is 7.47. The predicted octanol–water partition coefficient (Wildman–Crippen LogP) is 3.83. The van der Waals surface area contributed by atoms with Gasteiger partial charge in [-0.3, -0.25) is 14.6 Å².